The maximum absolute atomic E-state index is 12.1. The van der Waals surface area contributed by atoms with Crippen LogP contribution in [0.4, 0.5) is 5.82 Å². The summed E-state index contributed by atoms with van der Waals surface area (Å²) in [5.74, 6) is 0.858. The zero-order chi connectivity index (χ0) is 14.8. The number of anilines is 1. The summed E-state index contributed by atoms with van der Waals surface area (Å²) in [5, 5.41) is 10.4. The maximum Gasteiger partial charge on any atom is 0.242 e. The summed E-state index contributed by atoms with van der Waals surface area (Å²) in [4.78, 5) is 3.82. The molecule has 1 aliphatic rings. The molecule has 1 heterocycles. The number of aliphatic hydroxyl groups is 1. The molecule has 1 aliphatic carbocycles. The molecule has 0 aromatic carbocycles. The standard InChI is InChI=1S/C13H21N3O3S/c1-10-4-6-13(17,7-5-10)9-16-20(18,19)11-2-3-12(14)15-8-11/h2-3,8,10,16-17H,4-7,9H2,1H3,(H2,14,15). The molecule has 1 fully saturated rings. The van der Waals surface area contributed by atoms with Crippen LogP contribution >= 0.6 is 0 Å². The van der Waals surface area contributed by atoms with E-state index in [1.165, 1.54) is 18.3 Å². The van der Waals surface area contributed by atoms with Crippen LogP contribution < -0.4 is 10.5 Å². The minimum Gasteiger partial charge on any atom is -0.389 e. The Morgan fingerprint density at radius 3 is 2.65 bits per heavy atom. The first-order chi connectivity index (χ1) is 9.31. The number of hydrogen-bond donors (Lipinski definition) is 3. The van der Waals surface area contributed by atoms with Crippen molar-refractivity contribution >= 4 is 15.8 Å². The van der Waals surface area contributed by atoms with Gasteiger partial charge in [0.1, 0.15) is 10.7 Å². The minimum atomic E-state index is -3.66. The lowest BCUT2D eigenvalue weighted by Gasteiger charge is -2.34. The molecular weight excluding hydrogens is 278 g/mol. The molecule has 0 aliphatic heterocycles. The smallest absolute Gasteiger partial charge is 0.242 e. The maximum atomic E-state index is 12.1. The first kappa shape index (κ1) is 15.2. The Hall–Kier alpha value is -1.18. The summed E-state index contributed by atoms with van der Waals surface area (Å²) in [6.45, 7) is 2.18. The van der Waals surface area contributed by atoms with Crippen LogP contribution in [0.15, 0.2) is 23.2 Å². The number of nitrogens with one attached hydrogen (secondary N) is 1. The third-order valence-electron chi connectivity index (χ3n) is 3.87. The van der Waals surface area contributed by atoms with Crippen molar-refractivity contribution < 1.29 is 13.5 Å². The zero-order valence-electron chi connectivity index (χ0n) is 11.5. The average molecular weight is 299 g/mol. The van der Waals surface area contributed by atoms with Crippen molar-refractivity contribution in [2.75, 3.05) is 12.3 Å². The molecule has 2 rings (SSSR count). The SMILES string of the molecule is CC1CCC(O)(CNS(=O)(=O)c2ccc(N)nc2)CC1. The van der Waals surface area contributed by atoms with Gasteiger partial charge >= 0.3 is 0 Å². The Bertz CT molecular complexity index is 549. The third-order valence-corrected chi connectivity index (χ3v) is 5.25. The number of nitrogens with two attached hydrogens (primary N) is 1. The fraction of sp³-hybridized carbons (Fsp3) is 0.615. The van der Waals surface area contributed by atoms with Gasteiger partial charge in [0.05, 0.1) is 5.60 Å². The van der Waals surface area contributed by atoms with Crippen molar-refractivity contribution in [1.82, 2.24) is 9.71 Å². The van der Waals surface area contributed by atoms with E-state index in [1.54, 1.807) is 0 Å². The number of pyridine rings is 1. The Morgan fingerprint density at radius 2 is 2.10 bits per heavy atom. The number of sulfonamides is 1. The van der Waals surface area contributed by atoms with E-state index in [0.717, 1.165) is 12.8 Å². The van der Waals surface area contributed by atoms with Gasteiger partial charge in [-0.05, 0) is 43.7 Å². The molecule has 0 amide bonds. The first-order valence-corrected chi connectivity index (χ1v) is 8.23. The number of hydrogen-bond acceptors (Lipinski definition) is 5. The number of rotatable bonds is 4. The second kappa shape index (κ2) is 5.67. The molecule has 0 atom stereocenters. The van der Waals surface area contributed by atoms with E-state index in [-0.39, 0.29) is 17.3 Å². The highest BCUT2D eigenvalue weighted by molar-refractivity contribution is 7.89. The molecule has 6 nitrogen and oxygen atoms in total. The summed E-state index contributed by atoms with van der Waals surface area (Å²) in [6.07, 6.45) is 4.29. The Morgan fingerprint density at radius 1 is 1.45 bits per heavy atom. The minimum absolute atomic E-state index is 0.0342. The van der Waals surface area contributed by atoms with E-state index >= 15 is 0 Å². The molecule has 0 bridgehead atoms. The van der Waals surface area contributed by atoms with E-state index in [1.807, 2.05) is 0 Å². The summed E-state index contributed by atoms with van der Waals surface area (Å²) in [7, 11) is -3.66. The van der Waals surface area contributed by atoms with Gasteiger partial charge in [0.25, 0.3) is 0 Å². The monoisotopic (exact) mass is 299 g/mol. The Kier molecular flexibility index (Phi) is 4.31. The predicted molar refractivity (Wildman–Crippen MR) is 76.4 cm³/mol. The van der Waals surface area contributed by atoms with Gasteiger partial charge in [-0.25, -0.2) is 18.1 Å². The topological polar surface area (TPSA) is 105 Å². The molecule has 1 saturated carbocycles. The van der Waals surface area contributed by atoms with Crippen LogP contribution in [0.2, 0.25) is 0 Å². The molecule has 4 N–H and O–H groups in total. The van der Waals surface area contributed by atoms with Crippen molar-refractivity contribution in [1.29, 1.82) is 0 Å². The molecule has 1 aromatic rings. The van der Waals surface area contributed by atoms with Gasteiger partial charge < -0.3 is 10.8 Å². The van der Waals surface area contributed by atoms with Crippen LogP contribution in [0.1, 0.15) is 32.6 Å². The molecule has 0 spiro atoms. The summed E-state index contributed by atoms with van der Waals surface area (Å²) < 4.78 is 26.6. The van der Waals surface area contributed by atoms with E-state index in [0.29, 0.717) is 18.8 Å². The molecule has 112 valence electrons. The van der Waals surface area contributed by atoms with Crippen LogP contribution in [0.25, 0.3) is 0 Å². The highest BCUT2D eigenvalue weighted by Crippen LogP contribution is 2.31. The van der Waals surface area contributed by atoms with Crippen LogP contribution in [-0.4, -0.2) is 30.7 Å². The van der Waals surface area contributed by atoms with Crippen LogP contribution in [0, 0.1) is 5.92 Å². The quantitative estimate of drug-likeness (QED) is 0.765. The second-order valence-electron chi connectivity index (χ2n) is 5.65. The van der Waals surface area contributed by atoms with Crippen molar-refractivity contribution in [2.24, 2.45) is 5.92 Å². The average Bonchev–Trinajstić information content (AvgIpc) is 2.41. The second-order valence-corrected chi connectivity index (χ2v) is 7.42. The van der Waals surface area contributed by atoms with Gasteiger partial charge in [-0.15, -0.1) is 0 Å². The van der Waals surface area contributed by atoms with Gasteiger partial charge in [-0.1, -0.05) is 6.92 Å². The van der Waals surface area contributed by atoms with E-state index in [2.05, 4.69) is 16.6 Å². The highest BCUT2D eigenvalue weighted by Gasteiger charge is 2.33. The van der Waals surface area contributed by atoms with Gasteiger partial charge in [0.2, 0.25) is 10.0 Å². The first-order valence-electron chi connectivity index (χ1n) is 6.74. The summed E-state index contributed by atoms with van der Waals surface area (Å²) >= 11 is 0. The van der Waals surface area contributed by atoms with Crippen molar-refractivity contribution in [3.63, 3.8) is 0 Å². The molecule has 20 heavy (non-hydrogen) atoms. The normalized spacial score (nSPS) is 27.4. The van der Waals surface area contributed by atoms with E-state index in [9.17, 15) is 13.5 Å². The number of aromatic nitrogens is 1. The zero-order valence-corrected chi connectivity index (χ0v) is 12.4. The lowest BCUT2D eigenvalue weighted by atomic mass is 9.80. The number of nitrogens with zero attached hydrogens (tertiary/aromatic N) is 1. The molecule has 0 saturated heterocycles. The fourth-order valence-corrected chi connectivity index (χ4v) is 3.40. The largest absolute Gasteiger partial charge is 0.389 e. The van der Waals surface area contributed by atoms with Gasteiger partial charge in [0.15, 0.2) is 0 Å². The predicted octanol–water partition coefficient (Wildman–Crippen LogP) is 0.883. The van der Waals surface area contributed by atoms with Crippen molar-refractivity contribution in [3.8, 4) is 0 Å². The van der Waals surface area contributed by atoms with Gasteiger partial charge in [-0.2, -0.15) is 0 Å². The van der Waals surface area contributed by atoms with Crippen molar-refractivity contribution in [2.45, 2.75) is 43.1 Å². The van der Waals surface area contributed by atoms with E-state index in [4.69, 9.17) is 5.73 Å². The highest BCUT2D eigenvalue weighted by atomic mass is 32.2. The molecule has 0 radical (unpaired) electrons. The van der Waals surface area contributed by atoms with Crippen LogP contribution in [0.3, 0.4) is 0 Å². The summed E-state index contributed by atoms with van der Waals surface area (Å²) in [5.41, 5.74) is 4.48. The van der Waals surface area contributed by atoms with Crippen molar-refractivity contribution in [3.05, 3.63) is 18.3 Å². The van der Waals surface area contributed by atoms with Gasteiger partial charge in [-0.3, -0.25) is 0 Å². The molecule has 0 unspecified atom stereocenters. The molecular formula is C13H21N3O3S. The van der Waals surface area contributed by atoms with E-state index < -0.39 is 15.6 Å². The molecule has 1 aromatic heterocycles. The number of nitrogen functional groups attached to an aromatic ring is 1. The lowest BCUT2D eigenvalue weighted by Crippen LogP contribution is -2.45. The van der Waals surface area contributed by atoms with Crippen LogP contribution in [-0.2, 0) is 10.0 Å². The van der Waals surface area contributed by atoms with Gasteiger partial charge in [0, 0.05) is 12.7 Å². The lowest BCUT2D eigenvalue weighted by molar-refractivity contribution is -0.00182. The Balaban J connectivity index is 2.00. The van der Waals surface area contributed by atoms with Crippen LogP contribution in [0.5, 0.6) is 0 Å². The Labute approximate surface area is 119 Å². The fourth-order valence-electron chi connectivity index (χ4n) is 2.34. The molecule has 7 heteroatoms. The summed E-state index contributed by atoms with van der Waals surface area (Å²) in [6, 6.07) is 2.84. The third kappa shape index (κ3) is 3.68.